The molecule has 0 unspecified atom stereocenters. The van der Waals surface area contributed by atoms with E-state index in [-0.39, 0.29) is 11.5 Å². The summed E-state index contributed by atoms with van der Waals surface area (Å²) in [5, 5.41) is 18.6. The number of aryl methyl sites for hydroxylation is 1. The number of phenolic OH excluding ortho intramolecular Hbond substituents is 2. The van der Waals surface area contributed by atoms with Gasteiger partial charge in [0, 0.05) is 27.4 Å². The summed E-state index contributed by atoms with van der Waals surface area (Å²) in [5.74, 6) is -0.200. The van der Waals surface area contributed by atoms with Crippen molar-refractivity contribution in [3.8, 4) is 11.5 Å². The van der Waals surface area contributed by atoms with Gasteiger partial charge in [-0.05, 0) is 30.5 Å². The summed E-state index contributed by atoms with van der Waals surface area (Å²) < 4.78 is 16.0. The summed E-state index contributed by atoms with van der Waals surface area (Å²) in [4.78, 5) is 0. The number of rotatable bonds is 7. The lowest BCUT2D eigenvalue weighted by Crippen LogP contribution is -2.42. The molecule has 0 aliphatic heterocycles. The van der Waals surface area contributed by atoms with Crippen LogP contribution >= 0.6 is 0 Å². The van der Waals surface area contributed by atoms with Gasteiger partial charge in [-0.15, -0.1) is 0 Å². The van der Waals surface area contributed by atoms with Gasteiger partial charge < -0.3 is 23.5 Å². The Kier molecular flexibility index (Phi) is 5.61. The van der Waals surface area contributed by atoms with Crippen molar-refractivity contribution in [2.75, 3.05) is 21.3 Å². The van der Waals surface area contributed by atoms with Gasteiger partial charge in [0.05, 0.1) is 0 Å². The molecule has 0 fully saturated rings. The molecule has 0 aliphatic carbocycles. The first-order chi connectivity index (χ1) is 8.56. The van der Waals surface area contributed by atoms with Gasteiger partial charge in [-0.3, -0.25) is 0 Å². The zero-order chi connectivity index (χ0) is 13.6. The standard InChI is InChI=1S/C12H20O5Si/c1-15-18(16-2,17-3)8-4-5-10-6-7-11(13)12(14)9-10/h6-7,9,13-14H,4-5,8H2,1-3H3. The summed E-state index contributed by atoms with van der Waals surface area (Å²) in [6.45, 7) is 0. The first-order valence-corrected chi connectivity index (χ1v) is 7.66. The number of phenols is 2. The normalized spacial score (nSPS) is 11.7. The monoisotopic (exact) mass is 272 g/mol. The summed E-state index contributed by atoms with van der Waals surface area (Å²) >= 11 is 0. The van der Waals surface area contributed by atoms with E-state index in [9.17, 15) is 10.2 Å². The van der Waals surface area contributed by atoms with Crippen molar-refractivity contribution in [2.45, 2.75) is 18.9 Å². The molecule has 2 N–H and O–H groups in total. The number of aromatic hydroxyl groups is 2. The van der Waals surface area contributed by atoms with E-state index in [0.717, 1.165) is 18.4 Å². The fourth-order valence-corrected chi connectivity index (χ4v) is 3.51. The Labute approximate surface area is 108 Å². The van der Waals surface area contributed by atoms with Crippen LogP contribution in [0.3, 0.4) is 0 Å². The lowest BCUT2D eigenvalue weighted by molar-refractivity contribution is 0.123. The molecule has 0 amide bonds. The van der Waals surface area contributed by atoms with Crippen LogP contribution in [0.4, 0.5) is 0 Å². The SMILES string of the molecule is CO[Si](CCCc1ccc(O)c(O)c1)(OC)OC. The Morgan fingerprint density at radius 1 is 1.00 bits per heavy atom. The Morgan fingerprint density at radius 2 is 1.61 bits per heavy atom. The molecule has 1 aromatic rings. The third-order valence-electron chi connectivity index (χ3n) is 2.92. The fourth-order valence-electron chi connectivity index (χ4n) is 1.79. The average Bonchev–Trinajstić information content (AvgIpc) is 2.39. The minimum atomic E-state index is -2.51. The molecule has 0 aromatic heterocycles. The Hall–Kier alpha value is -1.08. The Balaban J connectivity index is 2.52. The van der Waals surface area contributed by atoms with Gasteiger partial charge >= 0.3 is 8.80 Å². The molecule has 0 atom stereocenters. The van der Waals surface area contributed by atoms with E-state index in [1.807, 2.05) is 0 Å². The predicted molar refractivity (Wildman–Crippen MR) is 69.7 cm³/mol. The van der Waals surface area contributed by atoms with Gasteiger partial charge in [0.25, 0.3) is 0 Å². The van der Waals surface area contributed by atoms with Gasteiger partial charge in [-0.2, -0.15) is 0 Å². The van der Waals surface area contributed by atoms with Crippen LogP contribution in [0.2, 0.25) is 6.04 Å². The molecule has 5 nitrogen and oxygen atoms in total. The highest BCUT2D eigenvalue weighted by atomic mass is 28.4. The summed E-state index contributed by atoms with van der Waals surface area (Å²) in [7, 11) is 2.26. The first-order valence-electron chi connectivity index (χ1n) is 5.73. The Bertz CT molecular complexity index is 370. The molecule has 0 saturated carbocycles. The molecule has 102 valence electrons. The minimum Gasteiger partial charge on any atom is -0.504 e. The topological polar surface area (TPSA) is 68.2 Å². The van der Waals surface area contributed by atoms with Crippen molar-refractivity contribution in [1.29, 1.82) is 0 Å². The van der Waals surface area contributed by atoms with E-state index < -0.39 is 8.80 Å². The second-order valence-corrected chi connectivity index (χ2v) is 7.06. The van der Waals surface area contributed by atoms with Crippen LogP contribution in [0.5, 0.6) is 11.5 Å². The molecule has 0 spiro atoms. The predicted octanol–water partition coefficient (Wildman–Crippen LogP) is 1.91. The van der Waals surface area contributed by atoms with Gasteiger partial charge in [0.2, 0.25) is 0 Å². The van der Waals surface area contributed by atoms with Crippen molar-refractivity contribution in [1.82, 2.24) is 0 Å². The quantitative estimate of drug-likeness (QED) is 0.586. The van der Waals surface area contributed by atoms with Crippen molar-refractivity contribution in [3.05, 3.63) is 23.8 Å². The minimum absolute atomic E-state index is 0.0961. The van der Waals surface area contributed by atoms with Crippen LogP contribution in [0, 0.1) is 0 Å². The third-order valence-corrected chi connectivity index (χ3v) is 5.75. The lowest BCUT2D eigenvalue weighted by Gasteiger charge is -2.24. The molecule has 1 rings (SSSR count). The summed E-state index contributed by atoms with van der Waals surface area (Å²) in [6.07, 6.45) is 1.59. The Morgan fingerprint density at radius 3 is 2.11 bits per heavy atom. The molecular weight excluding hydrogens is 252 g/mol. The molecular formula is C12H20O5Si. The van der Waals surface area contributed by atoms with Crippen LogP contribution in [0.15, 0.2) is 18.2 Å². The van der Waals surface area contributed by atoms with E-state index in [0.29, 0.717) is 6.04 Å². The molecule has 6 heteroatoms. The smallest absolute Gasteiger partial charge is 0.500 e. The maximum Gasteiger partial charge on any atom is 0.500 e. The van der Waals surface area contributed by atoms with E-state index >= 15 is 0 Å². The molecule has 0 bridgehead atoms. The summed E-state index contributed by atoms with van der Waals surface area (Å²) in [6, 6.07) is 5.53. The highest BCUT2D eigenvalue weighted by Gasteiger charge is 2.36. The van der Waals surface area contributed by atoms with Crippen molar-refractivity contribution in [2.24, 2.45) is 0 Å². The van der Waals surface area contributed by atoms with Gasteiger partial charge in [0.1, 0.15) is 0 Å². The second kappa shape index (κ2) is 6.74. The number of hydrogen-bond acceptors (Lipinski definition) is 5. The highest BCUT2D eigenvalue weighted by molar-refractivity contribution is 6.60. The maximum absolute atomic E-state index is 9.38. The van der Waals surface area contributed by atoms with Crippen LogP contribution in [0.1, 0.15) is 12.0 Å². The van der Waals surface area contributed by atoms with Crippen LogP contribution in [0.25, 0.3) is 0 Å². The molecule has 0 heterocycles. The van der Waals surface area contributed by atoms with Crippen molar-refractivity contribution < 1.29 is 23.5 Å². The molecule has 1 aromatic carbocycles. The third kappa shape index (κ3) is 3.71. The van der Waals surface area contributed by atoms with Crippen LogP contribution in [-0.2, 0) is 19.7 Å². The zero-order valence-corrected chi connectivity index (χ0v) is 12.0. The lowest BCUT2D eigenvalue weighted by atomic mass is 10.1. The molecule has 0 radical (unpaired) electrons. The van der Waals surface area contributed by atoms with E-state index in [2.05, 4.69) is 0 Å². The van der Waals surface area contributed by atoms with E-state index in [4.69, 9.17) is 13.3 Å². The maximum atomic E-state index is 9.38. The van der Waals surface area contributed by atoms with Crippen LogP contribution < -0.4 is 0 Å². The van der Waals surface area contributed by atoms with Gasteiger partial charge in [-0.25, -0.2) is 0 Å². The first kappa shape index (κ1) is 15.0. The van der Waals surface area contributed by atoms with Crippen molar-refractivity contribution in [3.63, 3.8) is 0 Å². The molecule has 18 heavy (non-hydrogen) atoms. The molecule has 0 aliphatic rings. The van der Waals surface area contributed by atoms with Crippen LogP contribution in [-0.4, -0.2) is 40.3 Å². The average molecular weight is 272 g/mol. The number of benzene rings is 1. The van der Waals surface area contributed by atoms with E-state index in [1.54, 1.807) is 33.5 Å². The summed E-state index contributed by atoms with van der Waals surface area (Å²) in [5.41, 5.74) is 0.955. The van der Waals surface area contributed by atoms with E-state index in [1.165, 1.54) is 6.07 Å². The highest BCUT2D eigenvalue weighted by Crippen LogP contribution is 2.26. The van der Waals surface area contributed by atoms with Crippen molar-refractivity contribution >= 4 is 8.80 Å². The fraction of sp³-hybridized carbons (Fsp3) is 0.500. The second-order valence-electron chi connectivity index (χ2n) is 3.97. The largest absolute Gasteiger partial charge is 0.504 e. The van der Waals surface area contributed by atoms with Gasteiger partial charge in [-0.1, -0.05) is 6.07 Å². The zero-order valence-electron chi connectivity index (χ0n) is 11.0. The molecule has 0 saturated heterocycles. The van der Waals surface area contributed by atoms with Gasteiger partial charge in [0.15, 0.2) is 11.5 Å². The number of hydrogen-bond donors (Lipinski definition) is 2.